The Bertz CT molecular complexity index is 520. The van der Waals surface area contributed by atoms with E-state index in [-0.39, 0.29) is 5.97 Å². The summed E-state index contributed by atoms with van der Waals surface area (Å²) < 4.78 is 12.1. The maximum absolute atomic E-state index is 11.4. The van der Waals surface area contributed by atoms with Crippen LogP contribution in [0.25, 0.3) is 5.69 Å². The van der Waals surface area contributed by atoms with Crippen molar-refractivity contribution in [1.82, 2.24) is 9.78 Å². The summed E-state index contributed by atoms with van der Waals surface area (Å²) in [6.07, 6.45) is 2.96. The highest BCUT2D eigenvalue weighted by molar-refractivity contribution is 5.74. The Morgan fingerprint density at radius 3 is 2.68 bits per heavy atom. The molecule has 0 N–H and O–H groups in total. The van der Waals surface area contributed by atoms with Crippen LogP contribution in [0.5, 0.6) is 5.75 Å². The Morgan fingerprint density at radius 2 is 2.11 bits per heavy atom. The smallest absolute Gasteiger partial charge is 0.347 e. The second-order valence-corrected chi connectivity index (χ2v) is 3.96. The van der Waals surface area contributed by atoms with Gasteiger partial charge in [-0.2, -0.15) is 5.10 Å². The van der Waals surface area contributed by atoms with Gasteiger partial charge in [0, 0.05) is 12.4 Å². The molecular formula is C14H16N2O3. The molecule has 2 aromatic rings. The molecule has 1 heterocycles. The first-order valence-corrected chi connectivity index (χ1v) is 6.14. The monoisotopic (exact) mass is 260 g/mol. The Balaban J connectivity index is 2.01. The molecule has 0 saturated carbocycles. The van der Waals surface area contributed by atoms with Crippen molar-refractivity contribution in [3.63, 3.8) is 0 Å². The van der Waals surface area contributed by atoms with Crippen molar-refractivity contribution in [2.75, 3.05) is 6.61 Å². The number of carbonyl (C=O) groups is 1. The second-order valence-electron chi connectivity index (χ2n) is 3.96. The lowest BCUT2D eigenvalue weighted by molar-refractivity contribution is -0.150. The molecule has 0 amide bonds. The Morgan fingerprint density at radius 1 is 1.37 bits per heavy atom. The van der Waals surface area contributed by atoms with Crippen molar-refractivity contribution in [3.05, 3.63) is 42.7 Å². The summed E-state index contributed by atoms with van der Waals surface area (Å²) in [7, 11) is 0. The van der Waals surface area contributed by atoms with Crippen LogP contribution >= 0.6 is 0 Å². The number of rotatable bonds is 5. The molecule has 0 bridgehead atoms. The van der Waals surface area contributed by atoms with Gasteiger partial charge >= 0.3 is 5.97 Å². The first kappa shape index (κ1) is 13.1. The van der Waals surface area contributed by atoms with Gasteiger partial charge in [0.05, 0.1) is 12.3 Å². The summed E-state index contributed by atoms with van der Waals surface area (Å²) in [6.45, 7) is 3.79. The van der Waals surface area contributed by atoms with Crippen molar-refractivity contribution < 1.29 is 14.3 Å². The van der Waals surface area contributed by atoms with E-state index in [1.165, 1.54) is 0 Å². The fraction of sp³-hybridized carbons (Fsp3) is 0.286. The van der Waals surface area contributed by atoms with E-state index in [0.29, 0.717) is 12.4 Å². The molecule has 0 spiro atoms. The van der Waals surface area contributed by atoms with E-state index in [9.17, 15) is 4.79 Å². The van der Waals surface area contributed by atoms with Gasteiger partial charge in [0.1, 0.15) is 5.75 Å². The zero-order valence-electron chi connectivity index (χ0n) is 10.9. The number of hydrogen-bond acceptors (Lipinski definition) is 4. The van der Waals surface area contributed by atoms with Crippen LogP contribution in [0, 0.1) is 0 Å². The summed E-state index contributed by atoms with van der Waals surface area (Å²) in [4.78, 5) is 11.4. The molecule has 1 aromatic carbocycles. The lowest BCUT2D eigenvalue weighted by Gasteiger charge is -2.13. The predicted octanol–water partition coefficient (Wildman–Crippen LogP) is 2.20. The van der Waals surface area contributed by atoms with Gasteiger partial charge in [-0.3, -0.25) is 0 Å². The predicted molar refractivity (Wildman–Crippen MR) is 70.3 cm³/mol. The third-order valence-electron chi connectivity index (χ3n) is 2.54. The largest absolute Gasteiger partial charge is 0.479 e. The summed E-state index contributed by atoms with van der Waals surface area (Å²) in [5.41, 5.74) is 0.932. The molecule has 0 saturated heterocycles. The summed E-state index contributed by atoms with van der Waals surface area (Å²) in [5, 5.41) is 4.13. The second kappa shape index (κ2) is 6.04. The molecular weight excluding hydrogens is 244 g/mol. The van der Waals surface area contributed by atoms with Crippen molar-refractivity contribution in [3.8, 4) is 11.4 Å². The van der Waals surface area contributed by atoms with E-state index in [1.807, 2.05) is 24.4 Å². The topological polar surface area (TPSA) is 53.4 Å². The van der Waals surface area contributed by atoms with Crippen LogP contribution in [0.4, 0.5) is 0 Å². The van der Waals surface area contributed by atoms with Gasteiger partial charge in [0.25, 0.3) is 0 Å². The van der Waals surface area contributed by atoms with Gasteiger partial charge in [-0.15, -0.1) is 0 Å². The molecule has 1 aromatic heterocycles. The summed E-state index contributed by atoms with van der Waals surface area (Å²) in [6, 6.07) is 9.20. The van der Waals surface area contributed by atoms with Crippen molar-refractivity contribution in [1.29, 1.82) is 0 Å². The number of hydrogen-bond donors (Lipinski definition) is 0. The lowest BCUT2D eigenvalue weighted by Crippen LogP contribution is -2.26. The van der Waals surface area contributed by atoms with Crippen LogP contribution in [0.15, 0.2) is 42.7 Å². The number of nitrogens with zero attached hydrogens (tertiary/aromatic N) is 2. The van der Waals surface area contributed by atoms with Crippen LogP contribution in [0.2, 0.25) is 0 Å². The van der Waals surface area contributed by atoms with Crippen molar-refractivity contribution in [2.45, 2.75) is 20.0 Å². The molecule has 0 aliphatic rings. The molecule has 0 radical (unpaired) electrons. The highest BCUT2D eigenvalue weighted by Crippen LogP contribution is 2.16. The average Bonchev–Trinajstić information content (AvgIpc) is 2.94. The Labute approximate surface area is 111 Å². The third-order valence-corrected chi connectivity index (χ3v) is 2.54. The molecule has 1 unspecified atom stereocenters. The molecule has 5 heteroatoms. The third kappa shape index (κ3) is 3.34. The Hall–Kier alpha value is -2.30. The first-order valence-electron chi connectivity index (χ1n) is 6.14. The summed E-state index contributed by atoms with van der Waals surface area (Å²) in [5.74, 6) is 0.259. The van der Waals surface area contributed by atoms with Crippen LogP contribution in [0.1, 0.15) is 13.8 Å². The minimum absolute atomic E-state index is 0.352. The van der Waals surface area contributed by atoms with E-state index in [1.54, 1.807) is 36.9 Å². The van der Waals surface area contributed by atoms with Gasteiger partial charge in [-0.05, 0) is 44.2 Å². The van der Waals surface area contributed by atoms with Crippen LogP contribution in [-0.4, -0.2) is 28.5 Å². The average molecular weight is 260 g/mol. The molecule has 2 rings (SSSR count). The lowest BCUT2D eigenvalue weighted by atomic mass is 10.3. The molecule has 5 nitrogen and oxygen atoms in total. The minimum atomic E-state index is -0.615. The highest BCUT2D eigenvalue weighted by Gasteiger charge is 2.15. The first-order chi connectivity index (χ1) is 9.20. The van der Waals surface area contributed by atoms with Gasteiger partial charge in [0.15, 0.2) is 6.10 Å². The van der Waals surface area contributed by atoms with Crippen LogP contribution in [0.3, 0.4) is 0 Å². The normalized spacial score (nSPS) is 11.9. The van der Waals surface area contributed by atoms with Gasteiger partial charge in [-0.25, -0.2) is 9.48 Å². The molecule has 0 aliphatic heterocycles. The fourth-order valence-electron chi connectivity index (χ4n) is 1.61. The van der Waals surface area contributed by atoms with Gasteiger partial charge in [0.2, 0.25) is 0 Å². The number of esters is 1. The van der Waals surface area contributed by atoms with E-state index >= 15 is 0 Å². The zero-order chi connectivity index (χ0) is 13.7. The molecule has 0 aliphatic carbocycles. The Kier molecular flexibility index (Phi) is 4.18. The maximum atomic E-state index is 11.4. The SMILES string of the molecule is CCOC(=O)C(C)Oc1ccc(-n2cccn2)cc1. The number of ether oxygens (including phenoxy) is 2. The van der Waals surface area contributed by atoms with Gasteiger partial charge in [-0.1, -0.05) is 0 Å². The molecule has 1 atom stereocenters. The molecule has 100 valence electrons. The van der Waals surface area contributed by atoms with Crippen molar-refractivity contribution in [2.24, 2.45) is 0 Å². The standard InChI is InChI=1S/C14H16N2O3/c1-3-18-14(17)11(2)19-13-7-5-12(6-8-13)16-10-4-9-15-16/h4-11H,3H2,1-2H3. The van der Waals surface area contributed by atoms with Crippen molar-refractivity contribution >= 4 is 5.97 Å². The quantitative estimate of drug-likeness (QED) is 0.773. The van der Waals surface area contributed by atoms with E-state index in [2.05, 4.69) is 5.10 Å². The maximum Gasteiger partial charge on any atom is 0.347 e. The molecule has 19 heavy (non-hydrogen) atoms. The minimum Gasteiger partial charge on any atom is -0.479 e. The van der Waals surface area contributed by atoms with Crippen LogP contribution < -0.4 is 4.74 Å². The highest BCUT2D eigenvalue weighted by atomic mass is 16.6. The van der Waals surface area contributed by atoms with E-state index in [4.69, 9.17) is 9.47 Å². The van der Waals surface area contributed by atoms with E-state index < -0.39 is 6.10 Å². The molecule has 0 fully saturated rings. The van der Waals surface area contributed by atoms with Crippen LogP contribution in [-0.2, 0) is 9.53 Å². The van der Waals surface area contributed by atoms with E-state index in [0.717, 1.165) is 5.69 Å². The fourth-order valence-corrected chi connectivity index (χ4v) is 1.61. The number of benzene rings is 1. The van der Waals surface area contributed by atoms with Gasteiger partial charge < -0.3 is 9.47 Å². The number of carbonyl (C=O) groups excluding carboxylic acids is 1. The zero-order valence-corrected chi connectivity index (χ0v) is 10.9. The summed E-state index contributed by atoms with van der Waals surface area (Å²) >= 11 is 0. The number of aromatic nitrogens is 2.